The van der Waals surface area contributed by atoms with E-state index in [1.54, 1.807) is 6.07 Å². The van der Waals surface area contributed by atoms with Gasteiger partial charge in [0.25, 0.3) is 5.91 Å². The fourth-order valence-corrected chi connectivity index (χ4v) is 2.97. The first-order valence-electron chi connectivity index (χ1n) is 9.06. The molecule has 1 aliphatic rings. The Balaban J connectivity index is 2.07. The lowest BCUT2D eigenvalue weighted by Gasteiger charge is -2.20. The molecule has 2 heterocycles. The summed E-state index contributed by atoms with van der Waals surface area (Å²) < 4.78 is 1.83. The normalized spacial score (nSPS) is 17.0. The maximum absolute atomic E-state index is 12.9. The standard InChI is InChI=1S/C19H26N4O4/c1-10-14-12(16(24)20-9-19(5,27)17(25)26)8-13(11-6-7-11)21-15(14)23(22-10)18(2,3)4/h8,11,27H,6-7,9H2,1-5H3,(H,20,24)(H,25,26). The number of carboxylic acid groups (broad SMARTS) is 1. The van der Waals surface area contributed by atoms with Crippen LogP contribution in [-0.2, 0) is 10.3 Å². The Morgan fingerprint density at radius 3 is 2.44 bits per heavy atom. The fourth-order valence-electron chi connectivity index (χ4n) is 2.97. The molecule has 0 saturated heterocycles. The summed E-state index contributed by atoms with van der Waals surface area (Å²) in [6.07, 6.45) is 2.08. The zero-order chi connectivity index (χ0) is 20.1. The number of carbonyl (C=O) groups is 2. The molecule has 0 aromatic carbocycles. The molecule has 0 radical (unpaired) electrons. The van der Waals surface area contributed by atoms with E-state index in [0.717, 1.165) is 25.5 Å². The number of rotatable bonds is 5. The van der Waals surface area contributed by atoms with Crippen molar-refractivity contribution in [3.05, 3.63) is 23.0 Å². The van der Waals surface area contributed by atoms with Crippen molar-refractivity contribution in [1.29, 1.82) is 0 Å². The molecule has 146 valence electrons. The van der Waals surface area contributed by atoms with E-state index in [4.69, 9.17) is 10.1 Å². The molecule has 2 aromatic rings. The Bertz CT molecular complexity index is 920. The third kappa shape index (κ3) is 3.66. The van der Waals surface area contributed by atoms with Crippen LogP contribution in [-0.4, -0.2) is 49.0 Å². The van der Waals surface area contributed by atoms with Gasteiger partial charge in [0.2, 0.25) is 0 Å². The Labute approximate surface area is 157 Å². The molecule has 0 bridgehead atoms. The number of aromatic nitrogens is 3. The molecule has 0 spiro atoms. The number of hydrogen-bond acceptors (Lipinski definition) is 5. The second kappa shape index (κ2) is 6.30. The topological polar surface area (TPSA) is 117 Å². The number of aliphatic carboxylic acids is 1. The van der Waals surface area contributed by atoms with Crippen molar-refractivity contribution in [2.45, 2.75) is 64.5 Å². The van der Waals surface area contributed by atoms with Crippen LogP contribution < -0.4 is 5.32 Å². The van der Waals surface area contributed by atoms with Gasteiger partial charge in [-0.25, -0.2) is 14.5 Å². The first-order chi connectivity index (χ1) is 12.4. The quantitative estimate of drug-likeness (QED) is 0.736. The Morgan fingerprint density at radius 1 is 1.30 bits per heavy atom. The molecule has 3 N–H and O–H groups in total. The summed E-state index contributed by atoms with van der Waals surface area (Å²) in [5, 5.41) is 26.7. The zero-order valence-electron chi connectivity index (χ0n) is 16.3. The van der Waals surface area contributed by atoms with Gasteiger partial charge < -0.3 is 15.5 Å². The van der Waals surface area contributed by atoms with E-state index in [1.807, 2.05) is 32.4 Å². The highest BCUT2D eigenvalue weighted by Crippen LogP contribution is 2.41. The predicted molar refractivity (Wildman–Crippen MR) is 99.8 cm³/mol. The Morgan fingerprint density at radius 2 is 1.93 bits per heavy atom. The number of carbonyl (C=O) groups excluding carboxylic acids is 1. The Hall–Kier alpha value is -2.48. The summed E-state index contributed by atoms with van der Waals surface area (Å²) in [6.45, 7) is 8.65. The summed E-state index contributed by atoms with van der Waals surface area (Å²) in [4.78, 5) is 28.7. The van der Waals surface area contributed by atoms with Gasteiger partial charge in [-0.2, -0.15) is 5.10 Å². The minimum Gasteiger partial charge on any atom is -0.479 e. The summed E-state index contributed by atoms with van der Waals surface area (Å²) in [7, 11) is 0. The van der Waals surface area contributed by atoms with Gasteiger partial charge in [0.1, 0.15) is 0 Å². The van der Waals surface area contributed by atoms with Crippen molar-refractivity contribution in [3.8, 4) is 0 Å². The molecule has 3 rings (SSSR count). The second-order valence-corrected chi connectivity index (χ2v) is 8.50. The fraction of sp³-hybridized carbons (Fsp3) is 0.579. The van der Waals surface area contributed by atoms with Crippen molar-refractivity contribution in [2.75, 3.05) is 6.54 Å². The molecule has 1 saturated carbocycles. The number of aliphatic hydroxyl groups is 1. The van der Waals surface area contributed by atoms with Crippen LogP contribution >= 0.6 is 0 Å². The molecule has 1 atom stereocenters. The molecule has 8 heteroatoms. The first kappa shape index (κ1) is 19.3. The predicted octanol–water partition coefficient (Wildman–Crippen LogP) is 1.94. The number of aryl methyl sites for hydroxylation is 1. The minimum absolute atomic E-state index is 0.303. The van der Waals surface area contributed by atoms with Crippen LogP contribution in [0.1, 0.15) is 68.2 Å². The molecule has 1 unspecified atom stereocenters. The van der Waals surface area contributed by atoms with Crippen LogP contribution in [0.2, 0.25) is 0 Å². The molecule has 0 aliphatic heterocycles. The molecule has 2 aromatic heterocycles. The number of hydrogen-bond donors (Lipinski definition) is 3. The maximum atomic E-state index is 12.9. The van der Waals surface area contributed by atoms with E-state index in [0.29, 0.717) is 28.2 Å². The SMILES string of the molecule is Cc1nn(C(C)(C)C)c2nc(C3CC3)cc(C(=O)NCC(C)(O)C(=O)O)c12. The molecular formula is C19H26N4O4. The molecule has 1 amide bonds. The van der Waals surface area contributed by atoms with E-state index in [1.165, 1.54) is 0 Å². The number of nitrogens with zero attached hydrogens (tertiary/aromatic N) is 3. The molecular weight excluding hydrogens is 348 g/mol. The number of amides is 1. The first-order valence-corrected chi connectivity index (χ1v) is 9.06. The van der Waals surface area contributed by atoms with Crippen LogP contribution in [0.4, 0.5) is 0 Å². The zero-order valence-corrected chi connectivity index (χ0v) is 16.3. The van der Waals surface area contributed by atoms with Gasteiger partial charge in [0, 0.05) is 11.6 Å². The van der Waals surface area contributed by atoms with Crippen molar-refractivity contribution in [2.24, 2.45) is 0 Å². The van der Waals surface area contributed by atoms with E-state index < -0.39 is 24.0 Å². The largest absolute Gasteiger partial charge is 0.479 e. The summed E-state index contributed by atoms with van der Waals surface area (Å²) in [5.41, 5.74) is 0.261. The van der Waals surface area contributed by atoms with Crippen molar-refractivity contribution in [3.63, 3.8) is 0 Å². The lowest BCUT2D eigenvalue weighted by molar-refractivity contribution is -0.155. The van der Waals surface area contributed by atoms with Crippen molar-refractivity contribution >= 4 is 22.9 Å². The maximum Gasteiger partial charge on any atom is 0.337 e. The summed E-state index contributed by atoms with van der Waals surface area (Å²) in [5.74, 6) is -1.49. The minimum atomic E-state index is -2.04. The summed E-state index contributed by atoms with van der Waals surface area (Å²) >= 11 is 0. The molecule has 27 heavy (non-hydrogen) atoms. The average Bonchev–Trinajstić information content (AvgIpc) is 3.35. The molecule has 8 nitrogen and oxygen atoms in total. The van der Waals surface area contributed by atoms with Crippen molar-refractivity contribution in [1.82, 2.24) is 20.1 Å². The molecule has 1 fully saturated rings. The summed E-state index contributed by atoms with van der Waals surface area (Å²) in [6, 6.07) is 1.77. The highest BCUT2D eigenvalue weighted by molar-refractivity contribution is 6.06. The third-order valence-corrected chi connectivity index (χ3v) is 4.76. The van der Waals surface area contributed by atoms with Gasteiger partial charge in [0.05, 0.1) is 28.7 Å². The lowest BCUT2D eigenvalue weighted by Crippen LogP contribution is -2.46. The number of carboxylic acids is 1. The monoisotopic (exact) mass is 374 g/mol. The highest BCUT2D eigenvalue weighted by Gasteiger charge is 2.33. The third-order valence-electron chi connectivity index (χ3n) is 4.76. The second-order valence-electron chi connectivity index (χ2n) is 8.50. The van der Waals surface area contributed by atoms with Gasteiger partial charge in [-0.05, 0) is 53.5 Å². The van der Waals surface area contributed by atoms with E-state index >= 15 is 0 Å². The van der Waals surface area contributed by atoms with Crippen molar-refractivity contribution < 1.29 is 19.8 Å². The van der Waals surface area contributed by atoms with E-state index in [9.17, 15) is 14.7 Å². The van der Waals surface area contributed by atoms with E-state index in [2.05, 4.69) is 10.4 Å². The van der Waals surface area contributed by atoms with Crippen LogP contribution in [0.3, 0.4) is 0 Å². The van der Waals surface area contributed by atoms with Gasteiger partial charge in [0.15, 0.2) is 11.2 Å². The number of nitrogens with one attached hydrogen (secondary N) is 1. The smallest absolute Gasteiger partial charge is 0.337 e. The average molecular weight is 374 g/mol. The van der Waals surface area contributed by atoms with E-state index in [-0.39, 0.29) is 5.54 Å². The lowest BCUT2D eigenvalue weighted by atomic mass is 10.0. The van der Waals surface area contributed by atoms with Gasteiger partial charge in [-0.1, -0.05) is 0 Å². The van der Waals surface area contributed by atoms with Gasteiger partial charge in [-0.15, -0.1) is 0 Å². The number of pyridine rings is 1. The van der Waals surface area contributed by atoms with Crippen LogP contribution in [0.15, 0.2) is 6.07 Å². The van der Waals surface area contributed by atoms with Crippen LogP contribution in [0.5, 0.6) is 0 Å². The number of fused-ring (bicyclic) bond motifs is 1. The highest BCUT2D eigenvalue weighted by atomic mass is 16.4. The van der Waals surface area contributed by atoms with Gasteiger partial charge >= 0.3 is 5.97 Å². The van der Waals surface area contributed by atoms with Crippen LogP contribution in [0.25, 0.3) is 11.0 Å². The Kier molecular flexibility index (Phi) is 4.50. The molecule has 1 aliphatic carbocycles. The van der Waals surface area contributed by atoms with Gasteiger partial charge in [-0.3, -0.25) is 4.79 Å². The van der Waals surface area contributed by atoms with Crippen LogP contribution in [0, 0.1) is 6.92 Å².